The smallest absolute Gasteiger partial charge is 0.323 e. The second kappa shape index (κ2) is 13.0. The van der Waals surface area contributed by atoms with Gasteiger partial charge in [0.1, 0.15) is 0 Å². The van der Waals surface area contributed by atoms with Crippen LogP contribution in [0.5, 0.6) is 0 Å². The fourth-order valence-corrected chi connectivity index (χ4v) is 1.90. The van der Waals surface area contributed by atoms with Gasteiger partial charge in [0.05, 0.1) is 0 Å². The van der Waals surface area contributed by atoms with E-state index in [1.165, 1.54) is 30.4 Å². The minimum Gasteiger partial charge on any atom is -0.755 e. The van der Waals surface area contributed by atoms with Crippen molar-refractivity contribution in [3.8, 4) is 0 Å². The molecule has 3 N–H and O–H groups in total. The first-order chi connectivity index (χ1) is 10.5. The van der Waals surface area contributed by atoms with E-state index in [0.29, 0.717) is 6.42 Å². The molecule has 6 nitrogen and oxygen atoms in total. The SMILES string of the molecule is CCCCCCCC(=O)c1ccccc1.NC(=O)NS(=O)[O-]. The summed E-state index contributed by atoms with van der Waals surface area (Å²) in [6.07, 6.45) is 6.73. The summed E-state index contributed by atoms with van der Waals surface area (Å²) in [5.41, 5.74) is 5.20. The van der Waals surface area contributed by atoms with Crippen molar-refractivity contribution < 1.29 is 18.4 Å². The quantitative estimate of drug-likeness (QED) is 0.434. The van der Waals surface area contributed by atoms with Crippen LogP contribution in [0.3, 0.4) is 0 Å². The molecule has 0 radical (unpaired) electrons. The molecule has 124 valence electrons. The molecule has 22 heavy (non-hydrogen) atoms. The van der Waals surface area contributed by atoms with Crippen LogP contribution >= 0.6 is 0 Å². The van der Waals surface area contributed by atoms with E-state index in [4.69, 9.17) is 0 Å². The number of carbonyl (C=O) groups excluding carboxylic acids is 2. The Morgan fingerprint density at radius 1 is 1.14 bits per heavy atom. The maximum Gasteiger partial charge on any atom is 0.323 e. The Morgan fingerprint density at radius 3 is 2.18 bits per heavy atom. The van der Waals surface area contributed by atoms with Crippen molar-refractivity contribution in [2.75, 3.05) is 0 Å². The number of hydrogen-bond donors (Lipinski definition) is 2. The lowest BCUT2D eigenvalue weighted by molar-refractivity contribution is 0.0979. The number of amides is 2. The van der Waals surface area contributed by atoms with Gasteiger partial charge >= 0.3 is 6.03 Å². The fourth-order valence-electron chi connectivity index (χ4n) is 1.74. The lowest BCUT2D eigenvalue weighted by Crippen LogP contribution is -2.30. The molecule has 0 heterocycles. The predicted octanol–water partition coefficient (Wildman–Crippen LogP) is 2.68. The molecule has 1 atom stereocenters. The van der Waals surface area contributed by atoms with Crippen molar-refractivity contribution in [3.63, 3.8) is 0 Å². The Morgan fingerprint density at radius 2 is 1.73 bits per heavy atom. The highest BCUT2D eigenvalue weighted by atomic mass is 32.2. The third-order valence-corrected chi connectivity index (χ3v) is 3.15. The van der Waals surface area contributed by atoms with Gasteiger partial charge in [0.25, 0.3) is 0 Å². The van der Waals surface area contributed by atoms with Crippen LogP contribution in [-0.2, 0) is 11.3 Å². The van der Waals surface area contributed by atoms with Gasteiger partial charge < -0.3 is 10.3 Å². The van der Waals surface area contributed by atoms with Gasteiger partial charge in [-0.25, -0.2) is 4.79 Å². The maximum atomic E-state index is 11.7. The Bertz CT molecular complexity index is 454. The van der Waals surface area contributed by atoms with E-state index in [9.17, 15) is 18.4 Å². The summed E-state index contributed by atoms with van der Waals surface area (Å²) in [5, 5.41) is 0. The first kappa shape index (κ1) is 20.3. The highest BCUT2D eigenvalue weighted by Crippen LogP contribution is 2.09. The fraction of sp³-hybridized carbons (Fsp3) is 0.467. The van der Waals surface area contributed by atoms with Gasteiger partial charge in [0, 0.05) is 23.3 Å². The molecule has 7 heteroatoms. The number of nitrogens with two attached hydrogens (primary N) is 1. The zero-order chi connectivity index (χ0) is 16.8. The first-order valence-electron chi connectivity index (χ1n) is 7.21. The zero-order valence-electron chi connectivity index (χ0n) is 12.7. The molecule has 1 aromatic rings. The summed E-state index contributed by atoms with van der Waals surface area (Å²) in [6.45, 7) is 2.20. The molecule has 0 saturated carbocycles. The minimum atomic E-state index is -2.57. The van der Waals surface area contributed by atoms with Crippen LogP contribution in [-0.4, -0.2) is 20.6 Å². The molecule has 2 amide bonds. The molecule has 1 rings (SSSR count). The van der Waals surface area contributed by atoms with E-state index in [1.54, 1.807) is 0 Å². The molecule has 0 fully saturated rings. The van der Waals surface area contributed by atoms with Crippen LogP contribution in [0, 0.1) is 0 Å². The van der Waals surface area contributed by atoms with Gasteiger partial charge in [0.2, 0.25) is 0 Å². The molecule has 1 unspecified atom stereocenters. The molecule has 0 aromatic heterocycles. The molecular formula is C15H23N2O4S-. The van der Waals surface area contributed by atoms with E-state index < -0.39 is 17.3 Å². The normalized spacial score (nSPS) is 11.0. The summed E-state index contributed by atoms with van der Waals surface area (Å²) in [5.74, 6) is 0.284. The van der Waals surface area contributed by atoms with Gasteiger partial charge in [-0.15, -0.1) is 0 Å². The molecule has 0 aliphatic rings. The molecule has 0 spiro atoms. The summed E-state index contributed by atoms with van der Waals surface area (Å²) in [7, 11) is 0. The van der Waals surface area contributed by atoms with Crippen LogP contribution in [0.1, 0.15) is 55.8 Å². The summed E-state index contributed by atoms with van der Waals surface area (Å²) < 4.78 is 20.2. The van der Waals surface area contributed by atoms with Crippen molar-refractivity contribution in [1.29, 1.82) is 0 Å². The number of carbonyl (C=O) groups is 2. The number of primary amides is 1. The van der Waals surface area contributed by atoms with E-state index >= 15 is 0 Å². The Labute approximate surface area is 133 Å². The molecule has 1 aromatic carbocycles. The Balaban J connectivity index is 0.000000534. The highest BCUT2D eigenvalue weighted by Gasteiger charge is 2.03. The summed E-state index contributed by atoms with van der Waals surface area (Å²) in [6, 6.07) is 8.50. The summed E-state index contributed by atoms with van der Waals surface area (Å²) >= 11 is -2.57. The maximum absolute atomic E-state index is 11.7. The van der Waals surface area contributed by atoms with Crippen LogP contribution in [0.15, 0.2) is 30.3 Å². The van der Waals surface area contributed by atoms with E-state index in [2.05, 4.69) is 12.7 Å². The molecule has 0 bridgehead atoms. The number of rotatable bonds is 8. The van der Waals surface area contributed by atoms with E-state index in [0.717, 1.165) is 12.0 Å². The second-order valence-corrected chi connectivity index (χ2v) is 5.33. The van der Waals surface area contributed by atoms with Gasteiger partial charge in [0.15, 0.2) is 5.78 Å². The third-order valence-electron chi connectivity index (χ3n) is 2.79. The molecule has 0 aliphatic carbocycles. The average molecular weight is 327 g/mol. The number of benzene rings is 1. The zero-order valence-corrected chi connectivity index (χ0v) is 13.6. The molecular weight excluding hydrogens is 304 g/mol. The average Bonchev–Trinajstić information content (AvgIpc) is 2.47. The second-order valence-electron chi connectivity index (χ2n) is 4.65. The van der Waals surface area contributed by atoms with Crippen LogP contribution in [0.2, 0.25) is 0 Å². The van der Waals surface area contributed by atoms with Gasteiger partial charge in [-0.2, -0.15) is 0 Å². The van der Waals surface area contributed by atoms with Gasteiger partial charge in [-0.3, -0.25) is 13.7 Å². The highest BCUT2D eigenvalue weighted by molar-refractivity contribution is 7.77. The number of hydrogen-bond acceptors (Lipinski definition) is 4. The predicted molar refractivity (Wildman–Crippen MR) is 85.8 cm³/mol. The van der Waals surface area contributed by atoms with E-state index in [-0.39, 0.29) is 5.78 Å². The summed E-state index contributed by atoms with van der Waals surface area (Å²) in [4.78, 5) is 21.2. The number of urea groups is 1. The Hall–Kier alpha value is -1.73. The monoisotopic (exact) mass is 327 g/mol. The minimum absolute atomic E-state index is 0.284. The number of unbranched alkanes of at least 4 members (excludes halogenated alkanes) is 4. The topological polar surface area (TPSA) is 112 Å². The van der Waals surface area contributed by atoms with Crippen LogP contribution in [0.25, 0.3) is 0 Å². The largest absolute Gasteiger partial charge is 0.755 e. The number of Topliss-reactive ketones (excluding diaryl/α,β-unsaturated/α-hetero) is 1. The molecule has 0 saturated heterocycles. The number of nitrogens with one attached hydrogen (secondary N) is 1. The lowest BCUT2D eigenvalue weighted by Gasteiger charge is -2.00. The van der Waals surface area contributed by atoms with Crippen molar-refractivity contribution >= 4 is 23.1 Å². The molecule has 0 aliphatic heterocycles. The van der Waals surface area contributed by atoms with Crippen molar-refractivity contribution in [3.05, 3.63) is 35.9 Å². The van der Waals surface area contributed by atoms with Crippen LogP contribution < -0.4 is 10.5 Å². The van der Waals surface area contributed by atoms with Gasteiger partial charge in [-0.05, 0) is 6.42 Å². The van der Waals surface area contributed by atoms with E-state index in [1.807, 2.05) is 30.3 Å². The van der Waals surface area contributed by atoms with Crippen molar-refractivity contribution in [2.45, 2.75) is 45.4 Å². The first-order valence-corrected chi connectivity index (χ1v) is 8.28. The van der Waals surface area contributed by atoms with Crippen LogP contribution in [0.4, 0.5) is 4.79 Å². The lowest BCUT2D eigenvalue weighted by atomic mass is 10.0. The van der Waals surface area contributed by atoms with Crippen molar-refractivity contribution in [2.24, 2.45) is 5.73 Å². The van der Waals surface area contributed by atoms with Gasteiger partial charge in [-0.1, -0.05) is 62.9 Å². The number of ketones is 1. The third kappa shape index (κ3) is 12.0. The van der Waals surface area contributed by atoms with Crippen molar-refractivity contribution in [1.82, 2.24) is 4.72 Å². The Kier molecular flexibility index (Phi) is 11.9. The standard InChI is InChI=1S/C14H20O.CH4N2O3S/c1-2-3-4-5-9-12-14(15)13-10-7-6-8-11-13;2-1(4)3-7(5)6/h6-8,10-11H,2-5,9,12H2,1H3;(H,5,6)(H3,2,3,4)/p-1.